The molecule has 2 bridgehead atoms. The standard InChI is InChI=1S/C22H18N2O5/c25-20-18-12-5-6-13(8-7-12)19(18)21(26)24(20)23-11-14-9-10-17(29-14)15-3-1-2-4-16(15)22(27)28/h1-6,9-13,18-19H,7-8H2,(H,27,28)/b23-11-/t12-,13+,18-,19-/m0/s1. The maximum atomic E-state index is 12.8. The summed E-state index contributed by atoms with van der Waals surface area (Å²) in [7, 11) is 0. The monoisotopic (exact) mass is 390 g/mol. The quantitative estimate of drug-likeness (QED) is 0.491. The number of carbonyl (C=O) groups is 3. The first kappa shape index (κ1) is 17.6. The molecule has 7 nitrogen and oxygen atoms in total. The summed E-state index contributed by atoms with van der Waals surface area (Å²) < 4.78 is 5.69. The van der Waals surface area contributed by atoms with Crippen LogP contribution >= 0.6 is 0 Å². The average Bonchev–Trinajstić information content (AvgIpc) is 3.32. The number of amides is 2. The Hall–Kier alpha value is -3.48. The summed E-state index contributed by atoms with van der Waals surface area (Å²) in [6.07, 6.45) is 7.32. The van der Waals surface area contributed by atoms with Crippen LogP contribution in [-0.2, 0) is 9.59 Å². The molecular weight excluding hydrogens is 372 g/mol. The van der Waals surface area contributed by atoms with E-state index in [4.69, 9.17) is 4.42 Å². The van der Waals surface area contributed by atoms with Gasteiger partial charge in [0.15, 0.2) is 0 Å². The first-order valence-corrected chi connectivity index (χ1v) is 9.57. The van der Waals surface area contributed by atoms with Crippen LogP contribution in [0.5, 0.6) is 0 Å². The Labute approximate surface area is 166 Å². The molecular formula is C22H18N2O5. The van der Waals surface area contributed by atoms with E-state index in [1.54, 1.807) is 30.3 Å². The molecule has 1 aromatic heterocycles. The Morgan fingerprint density at radius 3 is 2.31 bits per heavy atom. The Bertz CT molecular complexity index is 1050. The van der Waals surface area contributed by atoms with E-state index in [0.29, 0.717) is 17.1 Å². The third-order valence-electron chi connectivity index (χ3n) is 6.09. The summed E-state index contributed by atoms with van der Waals surface area (Å²) in [5.74, 6) is -1.23. The van der Waals surface area contributed by atoms with Gasteiger partial charge in [-0.15, -0.1) is 0 Å². The van der Waals surface area contributed by atoms with Crippen LogP contribution in [0.1, 0.15) is 29.0 Å². The molecule has 4 atom stereocenters. The minimum atomic E-state index is -1.05. The van der Waals surface area contributed by atoms with Crippen molar-refractivity contribution in [3.05, 3.63) is 59.9 Å². The van der Waals surface area contributed by atoms with Crippen molar-refractivity contribution >= 4 is 24.0 Å². The lowest BCUT2D eigenvalue weighted by atomic mass is 9.63. The van der Waals surface area contributed by atoms with Gasteiger partial charge in [-0.05, 0) is 42.9 Å². The second-order valence-corrected chi connectivity index (χ2v) is 7.63. The minimum Gasteiger partial charge on any atom is -0.478 e. The number of fused-ring (bicyclic) bond motifs is 1. The average molecular weight is 390 g/mol. The highest BCUT2D eigenvalue weighted by molar-refractivity contribution is 6.06. The SMILES string of the molecule is O=C(O)c1ccccc1-c1ccc(/C=N\N2C(=O)[C@@H]3[C@@H](C2=O)[C@H]2C=C[C@@H]3CC2)o1. The predicted octanol–water partition coefficient (Wildman–Crippen LogP) is 3.18. The molecule has 146 valence electrons. The normalized spacial score (nSPS) is 27.8. The van der Waals surface area contributed by atoms with Crippen LogP contribution in [0.25, 0.3) is 11.3 Å². The number of carbonyl (C=O) groups excluding carboxylic acids is 2. The van der Waals surface area contributed by atoms with Gasteiger partial charge in [-0.25, -0.2) is 4.79 Å². The smallest absolute Gasteiger partial charge is 0.336 e. The topological polar surface area (TPSA) is 100 Å². The number of rotatable bonds is 4. The fourth-order valence-electron chi connectivity index (χ4n) is 4.74. The van der Waals surface area contributed by atoms with E-state index in [1.165, 1.54) is 12.3 Å². The van der Waals surface area contributed by atoms with Crippen LogP contribution in [-0.4, -0.2) is 34.1 Å². The molecule has 6 rings (SSSR count). The summed E-state index contributed by atoms with van der Waals surface area (Å²) >= 11 is 0. The maximum absolute atomic E-state index is 12.8. The van der Waals surface area contributed by atoms with Gasteiger partial charge in [0.1, 0.15) is 11.5 Å². The number of hydrogen-bond donors (Lipinski definition) is 1. The second kappa shape index (κ2) is 6.55. The van der Waals surface area contributed by atoms with Gasteiger partial charge in [0.2, 0.25) is 0 Å². The number of nitrogens with zero attached hydrogens (tertiary/aromatic N) is 2. The van der Waals surface area contributed by atoms with Gasteiger partial charge in [0, 0.05) is 5.56 Å². The van der Waals surface area contributed by atoms with Gasteiger partial charge in [-0.2, -0.15) is 10.1 Å². The van der Waals surface area contributed by atoms with Gasteiger partial charge >= 0.3 is 5.97 Å². The van der Waals surface area contributed by atoms with Gasteiger partial charge < -0.3 is 9.52 Å². The fraction of sp³-hybridized carbons (Fsp3) is 0.273. The lowest BCUT2D eigenvalue weighted by Gasteiger charge is -2.37. The van der Waals surface area contributed by atoms with Gasteiger partial charge in [0.05, 0.1) is 23.6 Å². The van der Waals surface area contributed by atoms with Gasteiger partial charge in [-0.3, -0.25) is 9.59 Å². The number of allylic oxidation sites excluding steroid dienone is 2. The van der Waals surface area contributed by atoms with Crippen molar-refractivity contribution in [2.75, 3.05) is 0 Å². The van der Waals surface area contributed by atoms with Crippen molar-refractivity contribution in [2.24, 2.45) is 28.8 Å². The number of carboxylic acid groups (broad SMARTS) is 1. The minimum absolute atomic E-state index is 0.115. The van der Waals surface area contributed by atoms with Crippen LogP contribution in [0, 0.1) is 23.7 Å². The Kier molecular flexibility index (Phi) is 3.97. The van der Waals surface area contributed by atoms with E-state index in [2.05, 4.69) is 17.3 Å². The number of carboxylic acids is 1. The van der Waals surface area contributed by atoms with Crippen molar-refractivity contribution in [3.8, 4) is 11.3 Å². The van der Waals surface area contributed by atoms with Crippen LogP contribution < -0.4 is 0 Å². The van der Waals surface area contributed by atoms with Crippen LogP contribution in [0.15, 0.2) is 58.1 Å². The molecule has 2 aromatic rings. The molecule has 0 spiro atoms. The summed E-state index contributed by atoms with van der Waals surface area (Å²) in [6.45, 7) is 0. The highest BCUT2D eigenvalue weighted by Crippen LogP contribution is 2.49. The fourth-order valence-corrected chi connectivity index (χ4v) is 4.74. The van der Waals surface area contributed by atoms with Crippen molar-refractivity contribution in [1.82, 2.24) is 5.01 Å². The lowest BCUT2D eigenvalue weighted by Crippen LogP contribution is -2.38. The van der Waals surface area contributed by atoms with Crippen LogP contribution in [0.4, 0.5) is 0 Å². The summed E-state index contributed by atoms with van der Waals surface area (Å²) in [6, 6.07) is 9.79. The van der Waals surface area contributed by atoms with Gasteiger partial charge in [0.25, 0.3) is 11.8 Å². The molecule has 1 saturated heterocycles. The molecule has 1 aliphatic heterocycles. The van der Waals surface area contributed by atoms with E-state index in [1.807, 2.05) is 0 Å². The molecule has 0 unspecified atom stereocenters. The number of hydrogen-bond acceptors (Lipinski definition) is 5. The number of aromatic carboxylic acids is 1. The third-order valence-corrected chi connectivity index (χ3v) is 6.09. The van der Waals surface area contributed by atoms with Crippen molar-refractivity contribution < 1.29 is 23.9 Å². The summed E-state index contributed by atoms with van der Waals surface area (Å²) in [5.41, 5.74) is 0.573. The van der Waals surface area contributed by atoms with Crippen LogP contribution in [0.3, 0.4) is 0 Å². The largest absolute Gasteiger partial charge is 0.478 e. The lowest BCUT2D eigenvalue weighted by molar-refractivity contribution is -0.140. The Balaban J connectivity index is 1.39. The number of hydrazone groups is 1. The Morgan fingerprint density at radius 1 is 1.03 bits per heavy atom. The Morgan fingerprint density at radius 2 is 1.69 bits per heavy atom. The second-order valence-electron chi connectivity index (χ2n) is 7.63. The van der Waals surface area contributed by atoms with E-state index in [0.717, 1.165) is 17.9 Å². The molecule has 7 heteroatoms. The summed E-state index contributed by atoms with van der Waals surface area (Å²) in [4.78, 5) is 36.9. The van der Waals surface area contributed by atoms with E-state index >= 15 is 0 Å². The van der Waals surface area contributed by atoms with E-state index < -0.39 is 5.97 Å². The molecule has 3 aliphatic carbocycles. The van der Waals surface area contributed by atoms with Crippen molar-refractivity contribution in [3.63, 3.8) is 0 Å². The molecule has 1 N–H and O–H groups in total. The van der Waals surface area contributed by atoms with Gasteiger partial charge in [-0.1, -0.05) is 30.4 Å². The molecule has 1 aromatic carbocycles. The van der Waals surface area contributed by atoms with Crippen LogP contribution in [0.2, 0.25) is 0 Å². The highest BCUT2D eigenvalue weighted by atomic mass is 16.4. The van der Waals surface area contributed by atoms with E-state index in [-0.39, 0.29) is 41.0 Å². The predicted molar refractivity (Wildman–Crippen MR) is 103 cm³/mol. The molecule has 29 heavy (non-hydrogen) atoms. The highest BCUT2D eigenvalue weighted by Gasteiger charge is 2.56. The third kappa shape index (κ3) is 2.73. The zero-order valence-electron chi connectivity index (χ0n) is 15.4. The molecule has 4 aliphatic rings. The molecule has 2 fully saturated rings. The summed E-state index contributed by atoms with van der Waals surface area (Å²) in [5, 5.41) is 14.4. The molecule has 1 saturated carbocycles. The molecule has 2 amide bonds. The first-order valence-electron chi connectivity index (χ1n) is 9.57. The maximum Gasteiger partial charge on any atom is 0.336 e. The number of imide groups is 1. The van der Waals surface area contributed by atoms with Crippen molar-refractivity contribution in [1.29, 1.82) is 0 Å². The molecule has 2 heterocycles. The first-order chi connectivity index (χ1) is 14.0. The zero-order chi connectivity index (χ0) is 20.1. The number of benzene rings is 1. The van der Waals surface area contributed by atoms with E-state index in [9.17, 15) is 19.5 Å². The van der Waals surface area contributed by atoms with Crippen molar-refractivity contribution in [2.45, 2.75) is 12.8 Å². The number of furan rings is 1. The molecule has 0 radical (unpaired) electrons. The zero-order valence-corrected chi connectivity index (χ0v) is 15.4.